The Hall–Kier alpha value is -1.21. The van der Waals surface area contributed by atoms with Crippen LogP contribution in [0.5, 0.6) is 0 Å². The molecule has 5 nitrogen and oxygen atoms in total. The molecule has 22 heavy (non-hydrogen) atoms. The van der Waals surface area contributed by atoms with E-state index in [1.54, 1.807) is 0 Å². The summed E-state index contributed by atoms with van der Waals surface area (Å²) in [6.07, 6.45) is 5.51. The van der Waals surface area contributed by atoms with Gasteiger partial charge in [0.05, 0.1) is 18.6 Å². The van der Waals surface area contributed by atoms with Crippen molar-refractivity contribution in [3.63, 3.8) is 0 Å². The SMILES string of the molecule is O=C(O)CCCCCCN1OS/C(=C\c2ccccc2Cl)O1. The summed E-state index contributed by atoms with van der Waals surface area (Å²) in [7, 11) is 0. The lowest BCUT2D eigenvalue weighted by atomic mass is 10.1. The van der Waals surface area contributed by atoms with Gasteiger partial charge in [0.25, 0.3) is 0 Å². The fourth-order valence-corrected chi connectivity index (χ4v) is 2.67. The molecule has 7 heteroatoms. The predicted molar refractivity (Wildman–Crippen MR) is 86.6 cm³/mol. The molecular formula is C15H18ClNO4S. The van der Waals surface area contributed by atoms with E-state index in [1.165, 1.54) is 5.23 Å². The van der Waals surface area contributed by atoms with E-state index < -0.39 is 5.97 Å². The third-order valence-electron chi connectivity index (χ3n) is 3.05. The van der Waals surface area contributed by atoms with Crippen molar-refractivity contribution in [2.75, 3.05) is 6.54 Å². The van der Waals surface area contributed by atoms with E-state index in [2.05, 4.69) is 0 Å². The van der Waals surface area contributed by atoms with Gasteiger partial charge in [-0.05, 0) is 29.7 Å². The summed E-state index contributed by atoms with van der Waals surface area (Å²) < 4.78 is 5.34. The number of halogens is 1. The molecule has 0 saturated carbocycles. The summed E-state index contributed by atoms with van der Waals surface area (Å²) in [6, 6.07) is 7.52. The van der Waals surface area contributed by atoms with E-state index in [9.17, 15) is 4.79 Å². The smallest absolute Gasteiger partial charge is 0.303 e. The molecule has 1 saturated heterocycles. The van der Waals surface area contributed by atoms with Crippen LogP contribution in [0.25, 0.3) is 6.08 Å². The molecular weight excluding hydrogens is 326 g/mol. The number of carboxylic acids is 1. The lowest BCUT2D eigenvalue weighted by Gasteiger charge is -2.09. The highest BCUT2D eigenvalue weighted by molar-refractivity contribution is 7.98. The van der Waals surface area contributed by atoms with Crippen molar-refractivity contribution < 1.29 is 19.0 Å². The van der Waals surface area contributed by atoms with E-state index in [0.717, 1.165) is 36.9 Å². The molecule has 1 aliphatic heterocycles. The molecule has 0 atom stereocenters. The number of aliphatic carboxylic acids is 1. The van der Waals surface area contributed by atoms with Crippen LogP contribution >= 0.6 is 23.6 Å². The quantitative estimate of drug-likeness (QED) is 0.554. The second-order valence-corrected chi connectivity index (χ2v) is 5.97. The molecule has 2 rings (SSSR count). The maximum Gasteiger partial charge on any atom is 0.303 e. The van der Waals surface area contributed by atoms with E-state index >= 15 is 0 Å². The van der Waals surface area contributed by atoms with Crippen molar-refractivity contribution in [1.82, 2.24) is 5.23 Å². The maximum absolute atomic E-state index is 10.4. The van der Waals surface area contributed by atoms with Gasteiger partial charge in [0.2, 0.25) is 5.09 Å². The molecule has 0 unspecified atom stereocenters. The Morgan fingerprint density at radius 1 is 1.27 bits per heavy atom. The number of rotatable bonds is 8. The van der Waals surface area contributed by atoms with E-state index in [-0.39, 0.29) is 6.42 Å². The van der Waals surface area contributed by atoms with Gasteiger partial charge in [-0.15, -0.1) is 0 Å². The molecule has 1 aromatic rings. The highest BCUT2D eigenvalue weighted by Gasteiger charge is 2.21. The highest BCUT2D eigenvalue weighted by atomic mass is 35.5. The first-order chi connectivity index (χ1) is 10.6. The Labute approximate surface area is 139 Å². The molecule has 1 fully saturated rings. The number of carbonyl (C=O) groups is 1. The first-order valence-corrected chi connectivity index (χ1v) is 8.25. The van der Waals surface area contributed by atoms with Gasteiger partial charge in [0, 0.05) is 17.5 Å². The first-order valence-electron chi connectivity index (χ1n) is 7.13. The van der Waals surface area contributed by atoms with E-state index in [1.807, 2.05) is 30.3 Å². The molecule has 0 radical (unpaired) electrons. The zero-order valence-corrected chi connectivity index (χ0v) is 13.6. The zero-order valence-electron chi connectivity index (χ0n) is 12.0. The van der Waals surface area contributed by atoms with Gasteiger partial charge < -0.3 is 9.94 Å². The Morgan fingerprint density at radius 2 is 2.05 bits per heavy atom. The molecule has 120 valence electrons. The molecule has 1 aromatic carbocycles. The van der Waals surface area contributed by atoms with Gasteiger partial charge in [0.1, 0.15) is 0 Å². The number of hydrogen-bond acceptors (Lipinski definition) is 5. The normalized spacial score (nSPS) is 16.9. The third-order valence-corrected chi connectivity index (χ3v) is 4.00. The van der Waals surface area contributed by atoms with Crippen molar-refractivity contribution in [1.29, 1.82) is 0 Å². The summed E-state index contributed by atoms with van der Waals surface area (Å²) in [5, 5.41) is 11.3. The maximum atomic E-state index is 10.4. The van der Waals surface area contributed by atoms with Gasteiger partial charge in [-0.1, -0.05) is 42.6 Å². The summed E-state index contributed by atoms with van der Waals surface area (Å²) >= 11 is 7.24. The molecule has 1 N–H and O–H groups in total. The van der Waals surface area contributed by atoms with Crippen LogP contribution in [-0.4, -0.2) is 22.8 Å². The Kier molecular flexibility index (Phi) is 7.05. The van der Waals surface area contributed by atoms with Crippen LogP contribution in [0.15, 0.2) is 29.4 Å². The van der Waals surface area contributed by atoms with Crippen LogP contribution in [0.1, 0.15) is 37.7 Å². The van der Waals surface area contributed by atoms with E-state index in [4.69, 9.17) is 25.8 Å². The minimum Gasteiger partial charge on any atom is -0.481 e. The van der Waals surface area contributed by atoms with Gasteiger partial charge in [-0.3, -0.25) is 4.79 Å². The molecule has 0 aliphatic carbocycles. The van der Waals surface area contributed by atoms with Crippen LogP contribution < -0.4 is 0 Å². The number of nitrogens with zero attached hydrogens (tertiary/aromatic N) is 1. The minimum atomic E-state index is -0.739. The lowest BCUT2D eigenvalue weighted by Crippen LogP contribution is -2.16. The number of hydrogen-bond donors (Lipinski definition) is 1. The lowest BCUT2D eigenvalue weighted by molar-refractivity contribution is -0.259. The van der Waals surface area contributed by atoms with E-state index in [0.29, 0.717) is 23.1 Å². The van der Waals surface area contributed by atoms with Crippen molar-refractivity contribution in [2.45, 2.75) is 32.1 Å². The second kappa shape index (κ2) is 9.05. The van der Waals surface area contributed by atoms with Gasteiger partial charge in [-0.2, -0.15) is 4.28 Å². The number of benzene rings is 1. The number of unbranched alkanes of at least 4 members (excludes halogenated alkanes) is 3. The summed E-state index contributed by atoms with van der Waals surface area (Å²) in [5.41, 5.74) is 0.880. The van der Waals surface area contributed by atoms with Crippen LogP contribution in [0.4, 0.5) is 0 Å². The topological polar surface area (TPSA) is 59.0 Å². The average Bonchev–Trinajstić information content (AvgIpc) is 2.92. The summed E-state index contributed by atoms with van der Waals surface area (Å²) in [4.78, 5) is 15.9. The van der Waals surface area contributed by atoms with Crippen molar-refractivity contribution in [3.05, 3.63) is 39.9 Å². The molecule has 0 spiro atoms. The van der Waals surface area contributed by atoms with Crippen molar-refractivity contribution in [2.24, 2.45) is 0 Å². The number of hydroxylamine groups is 2. The van der Waals surface area contributed by atoms with Gasteiger partial charge >= 0.3 is 5.97 Å². The fourth-order valence-electron chi connectivity index (χ4n) is 1.93. The molecule has 0 aromatic heterocycles. The van der Waals surface area contributed by atoms with Gasteiger partial charge in [0.15, 0.2) is 0 Å². The first kappa shape index (κ1) is 17.1. The van der Waals surface area contributed by atoms with Gasteiger partial charge in [-0.25, -0.2) is 0 Å². The summed E-state index contributed by atoms with van der Waals surface area (Å²) in [6.45, 7) is 0.639. The monoisotopic (exact) mass is 343 g/mol. The largest absolute Gasteiger partial charge is 0.481 e. The third kappa shape index (κ3) is 5.88. The van der Waals surface area contributed by atoms with Crippen molar-refractivity contribution in [3.8, 4) is 0 Å². The second-order valence-electron chi connectivity index (χ2n) is 4.85. The standard InChI is InChI=1S/C15H18ClNO4S/c16-13-8-5-4-7-12(13)11-15-20-17(21-22-15)10-6-2-1-3-9-14(18)19/h4-5,7-8,11H,1-3,6,9-10H2,(H,18,19)/b15-11-. The number of carboxylic acid groups (broad SMARTS) is 1. The zero-order chi connectivity index (χ0) is 15.8. The van der Waals surface area contributed by atoms with Crippen molar-refractivity contribution >= 4 is 35.7 Å². The predicted octanol–water partition coefficient (Wildman–Crippen LogP) is 4.50. The summed E-state index contributed by atoms with van der Waals surface area (Å²) in [5.74, 6) is -0.739. The molecule has 0 bridgehead atoms. The van der Waals surface area contributed by atoms with Crippen LogP contribution in [-0.2, 0) is 13.9 Å². The fraction of sp³-hybridized carbons (Fsp3) is 0.400. The Morgan fingerprint density at radius 3 is 2.82 bits per heavy atom. The Bertz CT molecular complexity index is 538. The Balaban J connectivity index is 1.68. The molecule has 1 heterocycles. The van der Waals surface area contributed by atoms with Crippen LogP contribution in [0.3, 0.4) is 0 Å². The minimum absolute atomic E-state index is 0.233. The average molecular weight is 344 g/mol. The molecule has 0 amide bonds. The highest BCUT2D eigenvalue weighted by Crippen LogP contribution is 2.32. The van der Waals surface area contributed by atoms with Crippen LogP contribution in [0, 0.1) is 0 Å². The van der Waals surface area contributed by atoms with Crippen LogP contribution in [0.2, 0.25) is 5.02 Å². The molecule has 1 aliphatic rings.